The first kappa shape index (κ1) is 17.7. The standard InChI is InChI=1S/C16H24O9/c1-14-3-8(19)7-2-16(14,15(7,5-18)6-23-14)25-13-12(22)11(21)10(20)9(4-17)24-13/h7,9-13,17-18,20-22H,2-6H2,1H3/t7-,9+,10+,11-,12+,13-,14-,15?,16-/m0/s1. The molecule has 5 N–H and O–H groups in total. The third-order valence-electron chi connectivity index (χ3n) is 6.81. The Bertz CT molecular complexity index is 582. The second-order valence-corrected chi connectivity index (χ2v) is 7.88. The molecule has 1 unspecified atom stereocenters. The van der Waals surface area contributed by atoms with E-state index >= 15 is 0 Å². The number of aliphatic hydroxyl groups is 5. The van der Waals surface area contributed by atoms with Crippen molar-refractivity contribution >= 4 is 5.78 Å². The minimum atomic E-state index is -1.55. The van der Waals surface area contributed by atoms with Gasteiger partial charge in [0.2, 0.25) is 0 Å². The van der Waals surface area contributed by atoms with E-state index in [-0.39, 0.29) is 31.3 Å². The van der Waals surface area contributed by atoms with Crippen LogP contribution in [0.15, 0.2) is 0 Å². The van der Waals surface area contributed by atoms with E-state index in [1.807, 2.05) is 0 Å². The van der Waals surface area contributed by atoms with Crippen LogP contribution in [0, 0.1) is 11.3 Å². The Hall–Kier alpha value is -0.650. The van der Waals surface area contributed by atoms with Crippen molar-refractivity contribution in [3.8, 4) is 0 Å². The molecule has 0 aromatic carbocycles. The van der Waals surface area contributed by atoms with Crippen molar-refractivity contribution < 1.29 is 44.5 Å². The fourth-order valence-electron chi connectivity index (χ4n) is 5.21. The third-order valence-corrected chi connectivity index (χ3v) is 6.81. The van der Waals surface area contributed by atoms with E-state index in [2.05, 4.69) is 0 Å². The van der Waals surface area contributed by atoms with Gasteiger partial charge in [-0.15, -0.1) is 0 Å². The van der Waals surface area contributed by atoms with Gasteiger partial charge >= 0.3 is 0 Å². The van der Waals surface area contributed by atoms with Crippen LogP contribution in [0.4, 0.5) is 0 Å². The van der Waals surface area contributed by atoms with E-state index in [1.54, 1.807) is 6.92 Å². The number of ether oxygens (including phenoxy) is 3. The highest BCUT2D eigenvalue weighted by Crippen LogP contribution is 2.71. The van der Waals surface area contributed by atoms with Crippen molar-refractivity contribution in [1.29, 1.82) is 0 Å². The van der Waals surface area contributed by atoms with Gasteiger partial charge in [-0.1, -0.05) is 0 Å². The van der Waals surface area contributed by atoms with Crippen LogP contribution in [0.3, 0.4) is 0 Å². The Morgan fingerprint density at radius 2 is 1.92 bits per heavy atom. The highest BCUT2D eigenvalue weighted by molar-refractivity contribution is 5.88. The minimum absolute atomic E-state index is 0.0216. The van der Waals surface area contributed by atoms with E-state index in [1.165, 1.54) is 0 Å². The monoisotopic (exact) mass is 360 g/mol. The molecule has 9 atom stereocenters. The third kappa shape index (κ3) is 1.93. The molecule has 0 aromatic rings. The Morgan fingerprint density at radius 1 is 1.20 bits per heavy atom. The Labute approximate surface area is 144 Å². The van der Waals surface area contributed by atoms with Gasteiger partial charge in [0, 0.05) is 12.3 Å². The molecule has 0 amide bonds. The van der Waals surface area contributed by atoms with Gasteiger partial charge in [0.05, 0.1) is 25.2 Å². The lowest BCUT2D eigenvalue weighted by Crippen LogP contribution is -2.79. The zero-order valence-corrected chi connectivity index (χ0v) is 13.9. The average Bonchev–Trinajstić information content (AvgIpc) is 2.67. The number of Topliss-reactive ketones (excluding diaryl/α,β-unsaturated/α-hetero) is 1. The molecule has 3 aliphatic carbocycles. The summed E-state index contributed by atoms with van der Waals surface area (Å²) in [5.74, 6) is -0.355. The summed E-state index contributed by atoms with van der Waals surface area (Å²) in [5, 5.41) is 49.4. The molecule has 2 saturated heterocycles. The molecule has 5 rings (SSSR count). The van der Waals surface area contributed by atoms with Gasteiger partial charge in [-0.3, -0.25) is 4.79 Å². The fourth-order valence-corrected chi connectivity index (χ4v) is 5.21. The van der Waals surface area contributed by atoms with Crippen LogP contribution in [0.2, 0.25) is 0 Å². The second-order valence-electron chi connectivity index (χ2n) is 7.88. The molecular weight excluding hydrogens is 336 g/mol. The Kier molecular flexibility index (Phi) is 3.85. The zero-order valence-electron chi connectivity index (χ0n) is 13.9. The molecule has 9 heteroatoms. The normalized spacial score (nSPS) is 57.4. The lowest BCUT2D eigenvalue weighted by Gasteiger charge is -2.66. The summed E-state index contributed by atoms with van der Waals surface area (Å²) in [4.78, 5) is 12.3. The number of carbonyl (C=O) groups is 1. The quantitative estimate of drug-likeness (QED) is 0.361. The summed E-state index contributed by atoms with van der Waals surface area (Å²) in [6, 6.07) is 0. The number of hydrogen-bond donors (Lipinski definition) is 5. The van der Waals surface area contributed by atoms with Gasteiger partial charge in [0.25, 0.3) is 0 Å². The molecule has 142 valence electrons. The van der Waals surface area contributed by atoms with Gasteiger partial charge in [-0.2, -0.15) is 0 Å². The molecule has 25 heavy (non-hydrogen) atoms. The van der Waals surface area contributed by atoms with Gasteiger partial charge in [0.1, 0.15) is 41.4 Å². The van der Waals surface area contributed by atoms with Gasteiger partial charge in [-0.25, -0.2) is 0 Å². The van der Waals surface area contributed by atoms with E-state index < -0.39 is 53.9 Å². The number of aliphatic hydroxyl groups excluding tert-OH is 5. The number of carbonyl (C=O) groups excluding carboxylic acids is 1. The van der Waals surface area contributed by atoms with Crippen molar-refractivity contribution in [3.05, 3.63) is 0 Å². The summed E-state index contributed by atoms with van der Waals surface area (Å²) in [6.45, 7) is 1.03. The van der Waals surface area contributed by atoms with Crippen molar-refractivity contribution in [2.75, 3.05) is 19.8 Å². The summed E-state index contributed by atoms with van der Waals surface area (Å²) in [7, 11) is 0. The minimum Gasteiger partial charge on any atom is -0.396 e. The van der Waals surface area contributed by atoms with Crippen LogP contribution >= 0.6 is 0 Å². The molecule has 5 fully saturated rings. The molecule has 4 bridgehead atoms. The van der Waals surface area contributed by atoms with Crippen LogP contribution in [-0.2, 0) is 19.0 Å². The van der Waals surface area contributed by atoms with Crippen molar-refractivity contribution in [3.63, 3.8) is 0 Å². The highest BCUT2D eigenvalue weighted by Gasteiger charge is 2.83. The van der Waals surface area contributed by atoms with Gasteiger partial charge < -0.3 is 39.7 Å². The van der Waals surface area contributed by atoms with Crippen LogP contribution in [0.25, 0.3) is 0 Å². The van der Waals surface area contributed by atoms with Crippen molar-refractivity contribution in [2.24, 2.45) is 11.3 Å². The van der Waals surface area contributed by atoms with E-state index in [4.69, 9.17) is 14.2 Å². The van der Waals surface area contributed by atoms with Crippen LogP contribution in [0.5, 0.6) is 0 Å². The number of fused-ring (bicyclic) bond motifs is 1. The summed E-state index contributed by atoms with van der Waals surface area (Å²) in [5.41, 5.74) is -2.92. The molecule has 9 nitrogen and oxygen atoms in total. The first-order valence-electron chi connectivity index (χ1n) is 8.51. The first-order valence-corrected chi connectivity index (χ1v) is 8.51. The predicted octanol–water partition coefficient (Wildman–Crippen LogP) is -2.70. The van der Waals surface area contributed by atoms with Crippen LogP contribution < -0.4 is 0 Å². The summed E-state index contributed by atoms with van der Waals surface area (Å²) in [6.07, 6.45) is -6.51. The number of hydrogen-bond acceptors (Lipinski definition) is 9. The van der Waals surface area contributed by atoms with E-state index in [0.717, 1.165) is 0 Å². The molecular formula is C16H24O9. The highest BCUT2D eigenvalue weighted by atomic mass is 16.7. The first-order chi connectivity index (χ1) is 11.7. The molecule has 2 heterocycles. The smallest absolute Gasteiger partial charge is 0.187 e. The van der Waals surface area contributed by atoms with Crippen molar-refractivity contribution in [2.45, 2.75) is 61.7 Å². The topological polar surface area (TPSA) is 146 Å². The van der Waals surface area contributed by atoms with Gasteiger partial charge in [-0.05, 0) is 13.3 Å². The summed E-state index contributed by atoms with van der Waals surface area (Å²) < 4.78 is 17.4. The van der Waals surface area contributed by atoms with Crippen LogP contribution in [-0.4, -0.2) is 93.0 Å². The zero-order chi connectivity index (χ0) is 18.2. The fraction of sp³-hybridized carbons (Fsp3) is 0.938. The maximum atomic E-state index is 12.3. The molecule has 0 radical (unpaired) electrons. The molecule has 2 aliphatic heterocycles. The lowest BCUT2D eigenvalue weighted by atomic mass is 9.41. The average molecular weight is 360 g/mol. The van der Waals surface area contributed by atoms with Crippen molar-refractivity contribution in [1.82, 2.24) is 0 Å². The molecule has 0 aromatic heterocycles. The summed E-state index contributed by atoms with van der Waals surface area (Å²) >= 11 is 0. The maximum absolute atomic E-state index is 12.3. The van der Waals surface area contributed by atoms with Gasteiger partial charge in [0.15, 0.2) is 6.29 Å². The second kappa shape index (κ2) is 5.43. The largest absolute Gasteiger partial charge is 0.396 e. The number of rotatable bonds is 4. The van der Waals surface area contributed by atoms with E-state index in [9.17, 15) is 30.3 Å². The van der Waals surface area contributed by atoms with E-state index in [0.29, 0.717) is 6.42 Å². The molecule has 3 saturated carbocycles. The SMILES string of the molecule is C[C@]12CC(=O)[C@@H]3C[C@@]1(O[C@@H]1O[C@H](CO)[C@@H](O)[C@H](O)[C@H]1O)C3(CO)CO2. The molecule has 5 aliphatic rings. The Balaban J connectivity index is 1.65. The maximum Gasteiger partial charge on any atom is 0.187 e. The molecule has 0 spiro atoms. The predicted molar refractivity (Wildman–Crippen MR) is 79.2 cm³/mol. The van der Waals surface area contributed by atoms with Crippen LogP contribution in [0.1, 0.15) is 19.8 Å². The lowest BCUT2D eigenvalue weighted by molar-refractivity contribution is -0.379. The Morgan fingerprint density at radius 3 is 2.56 bits per heavy atom. The number of ketones is 1.